The zero-order chi connectivity index (χ0) is 19.4. The van der Waals surface area contributed by atoms with Gasteiger partial charge in [0, 0.05) is 24.3 Å². The molecule has 4 nitrogen and oxygen atoms in total. The van der Waals surface area contributed by atoms with Gasteiger partial charge in [0.2, 0.25) is 0 Å². The molecular formula is C22H42Cl2N4. The van der Waals surface area contributed by atoms with Crippen LogP contribution in [-0.4, -0.2) is 76.4 Å². The number of likely N-dealkylation sites (N-methyl/N-ethyl adjacent to an activating group) is 1. The number of unbranched alkanes of at least 4 members (excludes halogenated alkanes) is 3. The molecule has 1 saturated heterocycles. The fraction of sp³-hybridized carbons (Fsp3) is 0.727. The zero-order valence-corrected chi connectivity index (χ0v) is 20.4. The first-order valence-corrected chi connectivity index (χ1v) is 10.3. The first-order chi connectivity index (χ1) is 12.1. The summed E-state index contributed by atoms with van der Waals surface area (Å²) in [7, 11) is 11.7. The van der Waals surface area contributed by atoms with Crippen molar-refractivity contribution in [2.24, 2.45) is 0 Å². The molecule has 0 saturated carbocycles. The van der Waals surface area contributed by atoms with Crippen molar-refractivity contribution in [2.75, 3.05) is 72.1 Å². The van der Waals surface area contributed by atoms with E-state index in [4.69, 9.17) is 5.73 Å². The van der Waals surface area contributed by atoms with Crippen LogP contribution in [0.4, 0.5) is 11.4 Å². The number of aryl methyl sites for hydroxylation is 1. The molecule has 0 radical (unpaired) electrons. The highest BCUT2D eigenvalue weighted by molar-refractivity contribution is 5.58. The normalized spacial score (nSPS) is 17.2. The van der Waals surface area contributed by atoms with E-state index in [2.05, 4.69) is 59.2 Å². The van der Waals surface area contributed by atoms with Crippen LogP contribution in [0, 0.1) is 6.92 Å². The average Bonchev–Trinajstić information content (AvgIpc) is 3.03. The Kier molecular flexibility index (Phi) is 11.2. The van der Waals surface area contributed by atoms with Crippen LogP contribution < -0.4 is 35.4 Å². The Morgan fingerprint density at radius 2 is 1.57 bits per heavy atom. The fourth-order valence-corrected chi connectivity index (χ4v) is 4.05. The van der Waals surface area contributed by atoms with E-state index in [1.165, 1.54) is 63.0 Å². The molecule has 0 amide bonds. The monoisotopic (exact) mass is 432 g/mol. The maximum atomic E-state index is 5.97. The van der Waals surface area contributed by atoms with E-state index in [1.807, 2.05) is 6.07 Å². The Morgan fingerprint density at radius 3 is 2.14 bits per heavy atom. The van der Waals surface area contributed by atoms with Crippen LogP contribution in [0.3, 0.4) is 0 Å². The summed E-state index contributed by atoms with van der Waals surface area (Å²) in [5.41, 5.74) is 9.39. The van der Waals surface area contributed by atoms with E-state index in [0.717, 1.165) is 27.2 Å². The third-order valence-corrected chi connectivity index (χ3v) is 6.08. The number of quaternary nitrogens is 2. The molecule has 0 aromatic heterocycles. The van der Waals surface area contributed by atoms with Crippen LogP contribution in [0.15, 0.2) is 18.2 Å². The second-order valence-corrected chi connectivity index (χ2v) is 9.86. The number of nitrogens with zero attached hydrogens (tertiary/aromatic N) is 3. The van der Waals surface area contributed by atoms with E-state index >= 15 is 0 Å². The van der Waals surface area contributed by atoms with Crippen molar-refractivity contribution in [3.05, 3.63) is 23.8 Å². The molecule has 0 bridgehead atoms. The summed E-state index contributed by atoms with van der Waals surface area (Å²) >= 11 is 0. The molecule has 1 aliphatic rings. The van der Waals surface area contributed by atoms with Crippen LogP contribution >= 0.6 is 0 Å². The maximum absolute atomic E-state index is 5.97. The molecule has 2 N–H and O–H groups in total. The van der Waals surface area contributed by atoms with Crippen LogP contribution in [-0.2, 0) is 0 Å². The van der Waals surface area contributed by atoms with Crippen molar-refractivity contribution < 1.29 is 33.8 Å². The minimum absolute atomic E-state index is 0. The molecule has 1 aromatic carbocycles. The first-order valence-electron chi connectivity index (χ1n) is 10.3. The maximum Gasteiger partial charge on any atom is 0.108 e. The second-order valence-electron chi connectivity index (χ2n) is 9.86. The molecule has 1 heterocycles. The third kappa shape index (κ3) is 8.36. The summed E-state index contributed by atoms with van der Waals surface area (Å²) in [6.07, 6.45) is 6.73. The minimum atomic E-state index is 0. The molecule has 1 atom stereocenters. The van der Waals surface area contributed by atoms with Crippen molar-refractivity contribution in [3.63, 3.8) is 0 Å². The Morgan fingerprint density at radius 1 is 0.964 bits per heavy atom. The molecule has 1 aliphatic heterocycles. The topological polar surface area (TPSA) is 29.3 Å². The molecule has 2 rings (SSSR count). The van der Waals surface area contributed by atoms with Gasteiger partial charge in [0.1, 0.15) is 6.04 Å². The van der Waals surface area contributed by atoms with Crippen LogP contribution in [0.2, 0.25) is 0 Å². The summed E-state index contributed by atoms with van der Waals surface area (Å²) in [4.78, 5) is 2.54. The lowest BCUT2D eigenvalue weighted by molar-refractivity contribution is -0.912. The highest BCUT2D eigenvalue weighted by atomic mass is 35.5. The summed E-state index contributed by atoms with van der Waals surface area (Å²) in [6.45, 7) is 7.02. The van der Waals surface area contributed by atoms with Gasteiger partial charge in [-0.15, -0.1) is 0 Å². The summed E-state index contributed by atoms with van der Waals surface area (Å²) in [5, 5.41) is 0. The van der Waals surface area contributed by atoms with Gasteiger partial charge in [-0.25, -0.2) is 0 Å². The predicted molar refractivity (Wildman–Crippen MR) is 115 cm³/mol. The first kappa shape index (κ1) is 27.3. The lowest BCUT2D eigenvalue weighted by Gasteiger charge is -2.36. The molecule has 1 unspecified atom stereocenters. The van der Waals surface area contributed by atoms with Gasteiger partial charge in [-0.1, -0.05) is 0 Å². The Bertz CT molecular complexity index is 584. The number of rotatable bonds is 9. The predicted octanol–water partition coefficient (Wildman–Crippen LogP) is -2.49. The Balaban J connectivity index is 0.00000364. The van der Waals surface area contributed by atoms with Crippen LogP contribution in [0.1, 0.15) is 37.7 Å². The molecule has 6 heteroatoms. The van der Waals surface area contributed by atoms with E-state index in [9.17, 15) is 0 Å². The third-order valence-electron chi connectivity index (χ3n) is 6.08. The molecule has 0 spiro atoms. The van der Waals surface area contributed by atoms with Gasteiger partial charge in [-0.05, 0) is 56.4 Å². The second kappa shape index (κ2) is 11.5. The number of nitrogens with two attached hydrogens (primary N) is 1. The van der Waals surface area contributed by atoms with Gasteiger partial charge in [-0.2, -0.15) is 0 Å². The lowest BCUT2D eigenvalue weighted by Crippen LogP contribution is -3.00. The highest BCUT2D eigenvalue weighted by Crippen LogP contribution is 2.28. The average molecular weight is 434 g/mol. The van der Waals surface area contributed by atoms with E-state index in [-0.39, 0.29) is 24.8 Å². The van der Waals surface area contributed by atoms with Crippen LogP contribution in [0.5, 0.6) is 0 Å². The molecule has 28 heavy (non-hydrogen) atoms. The van der Waals surface area contributed by atoms with E-state index in [0.29, 0.717) is 0 Å². The van der Waals surface area contributed by atoms with E-state index in [1.54, 1.807) is 0 Å². The van der Waals surface area contributed by atoms with Gasteiger partial charge < -0.3 is 44.4 Å². The summed E-state index contributed by atoms with van der Waals surface area (Å²) in [6, 6.07) is 7.21. The highest BCUT2D eigenvalue weighted by Gasteiger charge is 2.34. The van der Waals surface area contributed by atoms with Gasteiger partial charge in [0.05, 0.1) is 54.9 Å². The molecule has 164 valence electrons. The van der Waals surface area contributed by atoms with Crippen molar-refractivity contribution in [1.29, 1.82) is 0 Å². The number of benzene rings is 1. The fourth-order valence-electron chi connectivity index (χ4n) is 4.05. The van der Waals surface area contributed by atoms with Gasteiger partial charge >= 0.3 is 0 Å². The van der Waals surface area contributed by atoms with Crippen molar-refractivity contribution in [3.8, 4) is 0 Å². The molecule has 0 aliphatic carbocycles. The Hall–Kier alpha value is -0.680. The number of hydrogen-bond acceptors (Lipinski definition) is 2. The largest absolute Gasteiger partial charge is 1.00 e. The number of nitrogen functional groups attached to an aromatic ring is 1. The van der Waals surface area contributed by atoms with E-state index < -0.39 is 0 Å². The number of anilines is 2. The quantitative estimate of drug-likeness (QED) is 0.265. The SMILES string of the molecule is Cc1cc(N2CCC([N+](C)(C)CCCCCC[N+](C)(C)C)C2)ccc1N.[Cl-].[Cl-]. The smallest absolute Gasteiger partial charge is 0.108 e. The number of halogens is 2. The minimum Gasteiger partial charge on any atom is -1.00 e. The summed E-state index contributed by atoms with van der Waals surface area (Å²) in [5.74, 6) is 0. The molecule has 1 fully saturated rings. The number of hydrogen-bond donors (Lipinski definition) is 1. The van der Waals surface area contributed by atoms with Crippen molar-refractivity contribution >= 4 is 11.4 Å². The van der Waals surface area contributed by atoms with Gasteiger partial charge in [-0.3, -0.25) is 0 Å². The summed E-state index contributed by atoms with van der Waals surface area (Å²) < 4.78 is 2.24. The van der Waals surface area contributed by atoms with Crippen molar-refractivity contribution in [1.82, 2.24) is 0 Å². The zero-order valence-electron chi connectivity index (χ0n) is 18.8. The standard InChI is InChI=1S/C22H42N4.2ClH/c1-19-17-20(11-12-22(19)23)24-14-13-21(18-24)26(5,6)16-10-8-7-9-15-25(2,3)4;;/h11-12,17,21H,7-10,13-16,18,23H2,1-6H3;2*1H/q+2;;/p-2. The Labute approximate surface area is 186 Å². The lowest BCUT2D eigenvalue weighted by atomic mass is 10.1. The molecular weight excluding hydrogens is 391 g/mol. The van der Waals surface area contributed by atoms with Gasteiger partial charge in [0.15, 0.2) is 0 Å². The van der Waals surface area contributed by atoms with Crippen molar-refractivity contribution in [2.45, 2.75) is 45.1 Å². The van der Waals surface area contributed by atoms with Crippen LogP contribution in [0.25, 0.3) is 0 Å². The molecule has 1 aromatic rings. The van der Waals surface area contributed by atoms with Gasteiger partial charge in [0.25, 0.3) is 0 Å².